The Bertz CT molecular complexity index is 878. The molecule has 142 valence electrons. The van der Waals surface area contributed by atoms with Crippen molar-refractivity contribution < 1.29 is 13.9 Å². The lowest BCUT2D eigenvalue weighted by Crippen LogP contribution is -2.32. The van der Waals surface area contributed by atoms with Gasteiger partial charge in [0.2, 0.25) is 5.43 Å². The van der Waals surface area contributed by atoms with Crippen LogP contribution in [0.2, 0.25) is 0 Å². The lowest BCUT2D eigenvalue weighted by molar-refractivity contribution is -0.143. The normalized spacial score (nSPS) is 11.0. The molecule has 0 N–H and O–H groups in total. The van der Waals surface area contributed by atoms with Gasteiger partial charge in [-0.2, -0.15) is 0 Å². The zero-order valence-electron chi connectivity index (χ0n) is 15.4. The number of anilines is 1. The van der Waals surface area contributed by atoms with Crippen LogP contribution in [0.4, 0.5) is 10.1 Å². The first kappa shape index (κ1) is 20.4. The van der Waals surface area contributed by atoms with Crippen LogP contribution in [0.25, 0.3) is 11.0 Å². The van der Waals surface area contributed by atoms with Crippen molar-refractivity contribution in [2.45, 2.75) is 40.7 Å². The Morgan fingerprint density at radius 3 is 2.50 bits per heavy atom. The molecule has 0 amide bonds. The van der Waals surface area contributed by atoms with Crippen molar-refractivity contribution in [3.63, 3.8) is 0 Å². The van der Waals surface area contributed by atoms with E-state index in [0.29, 0.717) is 30.9 Å². The highest BCUT2D eigenvalue weighted by atomic mass is 79.9. The molecule has 0 saturated carbocycles. The number of carbonyl (C=O) groups is 1. The highest BCUT2D eigenvalue weighted by molar-refractivity contribution is 9.10. The van der Waals surface area contributed by atoms with Gasteiger partial charge in [0.1, 0.15) is 22.4 Å². The fourth-order valence-electron chi connectivity index (χ4n) is 3.09. The Labute approximate surface area is 160 Å². The van der Waals surface area contributed by atoms with Gasteiger partial charge >= 0.3 is 5.97 Å². The van der Waals surface area contributed by atoms with Crippen LogP contribution in [0, 0.1) is 5.82 Å². The number of pyridine rings is 2. The van der Waals surface area contributed by atoms with Crippen LogP contribution in [-0.4, -0.2) is 35.2 Å². The van der Waals surface area contributed by atoms with Gasteiger partial charge in [-0.1, -0.05) is 6.92 Å². The van der Waals surface area contributed by atoms with Gasteiger partial charge in [0.05, 0.1) is 12.1 Å². The third kappa shape index (κ3) is 3.75. The minimum Gasteiger partial charge on any atom is -0.465 e. The first-order valence-electron chi connectivity index (χ1n) is 8.71. The Kier molecular flexibility index (Phi) is 6.75. The number of carbonyl (C=O) groups excluding carboxylic acids is 1. The summed E-state index contributed by atoms with van der Waals surface area (Å²) in [5.74, 6) is -1.03. The molecule has 2 aromatic rings. The van der Waals surface area contributed by atoms with Crippen LogP contribution in [0.3, 0.4) is 0 Å². The minimum absolute atomic E-state index is 0.0282. The van der Waals surface area contributed by atoms with Gasteiger partial charge in [-0.25, -0.2) is 9.37 Å². The first-order valence-corrected chi connectivity index (χ1v) is 9.50. The molecule has 0 aliphatic rings. The number of rotatable bonds is 7. The van der Waals surface area contributed by atoms with Gasteiger partial charge in [0.15, 0.2) is 5.82 Å². The van der Waals surface area contributed by atoms with E-state index in [2.05, 4.69) is 20.9 Å². The maximum absolute atomic E-state index is 14.1. The number of hydrogen-bond acceptors (Lipinski definition) is 5. The van der Waals surface area contributed by atoms with Gasteiger partial charge < -0.3 is 14.2 Å². The Balaban J connectivity index is 2.91. The van der Waals surface area contributed by atoms with E-state index in [0.717, 1.165) is 0 Å². The number of fused-ring (bicyclic) bond motifs is 1. The largest absolute Gasteiger partial charge is 0.465 e. The fourth-order valence-corrected chi connectivity index (χ4v) is 3.38. The molecule has 2 aromatic heterocycles. The summed E-state index contributed by atoms with van der Waals surface area (Å²) >= 11 is 3.04. The molecule has 6 nitrogen and oxygen atoms in total. The molecule has 0 radical (unpaired) electrons. The molecule has 26 heavy (non-hydrogen) atoms. The zero-order valence-corrected chi connectivity index (χ0v) is 17.0. The van der Waals surface area contributed by atoms with E-state index in [1.165, 1.54) is 6.07 Å². The van der Waals surface area contributed by atoms with Crippen LogP contribution in [0.15, 0.2) is 15.5 Å². The predicted molar refractivity (Wildman–Crippen MR) is 103 cm³/mol. The molecule has 8 heteroatoms. The monoisotopic (exact) mass is 427 g/mol. The van der Waals surface area contributed by atoms with E-state index < -0.39 is 11.8 Å². The molecule has 0 bridgehead atoms. The van der Waals surface area contributed by atoms with Crippen LogP contribution in [0.1, 0.15) is 33.4 Å². The van der Waals surface area contributed by atoms with Gasteiger partial charge in [0, 0.05) is 24.8 Å². The quantitative estimate of drug-likeness (QED) is 0.501. The van der Waals surface area contributed by atoms with E-state index in [1.807, 2.05) is 25.7 Å². The third-order valence-corrected chi connectivity index (χ3v) is 4.80. The van der Waals surface area contributed by atoms with E-state index in [-0.39, 0.29) is 34.2 Å². The maximum atomic E-state index is 14.1. The molecule has 0 atom stereocenters. The lowest BCUT2D eigenvalue weighted by atomic mass is 10.1. The Hall–Kier alpha value is -1.96. The van der Waals surface area contributed by atoms with E-state index >= 15 is 0 Å². The fraction of sp³-hybridized carbons (Fsp3) is 0.500. The second-order valence-corrected chi connectivity index (χ2v) is 6.42. The highest BCUT2D eigenvalue weighted by Gasteiger charge is 2.23. The van der Waals surface area contributed by atoms with Crippen molar-refractivity contribution in [2.24, 2.45) is 0 Å². The van der Waals surface area contributed by atoms with Crippen LogP contribution in [-0.2, 0) is 22.5 Å². The lowest BCUT2D eigenvalue weighted by Gasteiger charge is -2.26. The molecule has 0 fully saturated rings. The molecule has 0 saturated heterocycles. The third-order valence-electron chi connectivity index (χ3n) is 4.24. The van der Waals surface area contributed by atoms with Crippen LogP contribution < -0.4 is 10.3 Å². The predicted octanol–water partition coefficient (Wildman–Crippen LogP) is 3.27. The first-order chi connectivity index (χ1) is 12.4. The van der Waals surface area contributed by atoms with Crippen molar-refractivity contribution in [2.75, 3.05) is 24.6 Å². The summed E-state index contributed by atoms with van der Waals surface area (Å²) in [7, 11) is 0. The number of hydrogen-bond donors (Lipinski definition) is 0. The number of ether oxygens (including phenoxy) is 1. The molecular weight excluding hydrogens is 405 g/mol. The Morgan fingerprint density at radius 2 is 1.96 bits per heavy atom. The van der Waals surface area contributed by atoms with Crippen molar-refractivity contribution in [3.8, 4) is 0 Å². The van der Waals surface area contributed by atoms with Crippen molar-refractivity contribution in [1.82, 2.24) is 9.55 Å². The molecule has 0 aromatic carbocycles. The van der Waals surface area contributed by atoms with Gasteiger partial charge in [-0.05, 0) is 43.1 Å². The molecular formula is C18H23BrFN3O3. The summed E-state index contributed by atoms with van der Waals surface area (Å²) in [4.78, 5) is 31.3. The van der Waals surface area contributed by atoms with Crippen molar-refractivity contribution in [3.05, 3.63) is 32.4 Å². The second-order valence-electron chi connectivity index (χ2n) is 5.67. The second kappa shape index (κ2) is 8.62. The zero-order chi connectivity index (χ0) is 19.4. The molecule has 0 unspecified atom stereocenters. The summed E-state index contributed by atoms with van der Waals surface area (Å²) in [6.07, 6.45) is 0.508. The summed E-state index contributed by atoms with van der Waals surface area (Å²) in [5, 5.41) is 0. The van der Waals surface area contributed by atoms with Gasteiger partial charge in [0.25, 0.3) is 0 Å². The highest BCUT2D eigenvalue weighted by Crippen LogP contribution is 2.25. The minimum atomic E-state index is -0.591. The van der Waals surface area contributed by atoms with Crippen molar-refractivity contribution in [1.29, 1.82) is 0 Å². The van der Waals surface area contributed by atoms with Crippen LogP contribution >= 0.6 is 15.9 Å². The summed E-state index contributed by atoms with van der Waals surface area (Å²) < 4.78 is 20.8. The van der Waals surface area contributed by atoms with Gasteiger partial charge in [-0.15, -0.1) is 0 Å². The molecule has 0 spiro atoms. The summed E-state index contributed by atoms with van der Waals surface area (Å²) in [6, 6.07) is 1.23. The average molecular weight is 428 g/mol. The average Bonchev–Trinajstić information content (AvgIpc) is 2.61. The van der Waals surface area contributed by atoms with Crippen molar-refractivity contribution >= 4 is 38.6 Å². The number of aromatic nitrogens is 2. The summed E-state index contributed by atoms with van der Waals surface area (Å²) in [5.41, 5.74) is 1.32. The van der Waals surface area contributed by atoms with Gasteiger partial charge in [-0.3, -0.25) is 9.59 Å². The van der Waals surface area contributed by atoms with Crippen LogP contribution in [0.5, 0.6) is 0 Å². The van der Waals surface area contributed by atoms with E-state index in [1.54, 1.807) is 11.5 Å². The smallest absolute Gasteiger partial charge is 0.325 e. The molecule has 2 rings (SSSR count). The Morgan fingerprint density at radius 1 is 1.31 bits per heavy atom. The molecule has 0 aliphatic carbocycles. The SMILES string of the molecule is CCOC(=O)Cn1c(CC)c(N(CC)CC)c(=O)c2nc(Br)c(F)cc21. The maximum Gasteiger partial charge on any atom is 0.325 e. The number of esters is 1. The molecule has 2 heterocycles. The standard InChI is InChI=1S/C18H23BrFN3O3/c1-5-12-16(22(6-2)7-3)17(25)15-13(9-11(20)18(19)21-15)23(12)10-14(24)26-8-4/h9H,5-8,10H2,1-4H3. The number of nitrogens with zero attached hydrogens (tertiary/aromatic N) is 3. The molecule has 0 aliphatic heterocycles. The number of halogens is 2. The topological polar surface area (TPSA) is 64.4 Å². The van der Waals surface area contributed by atoms with E-state index in [4.69, 9.17) is 4.74 Å². The van der Waals surface area contributed by atoms with E-state index in [9.17, 15) is 14.0 Å². The summed E-state index contributed by atoms with van der Waals surface area (Å²) in [6.45, 7) is 8.94.